The van der Waals surface area contributed by atoms with E-state index in [0.29, 0.717) is 37.4 Å². The monoisotopic (exact) mass is 582 g/mol. The third-order valence-corrected chi connectivity index (χ3v) is 7.86. The van der Waals surface area contributed by atoms with Crippen LogP contribution in [0.25, 0.3) is 23.0 Å². The fourth-order valence-corrected chi connectivity index (χ4v) is 5.99. The largest absolute Gasteiger partial charge is 0.463 e. The average Bonchev–Trinajstić information content (AvgIpc) is 3.55. The standard InChI is InChI=1S/C32H24F2N4O3S/c1-3-41-31(40)27-19(2)35-32-38(29(27)20-10-6-4-7-11-20)30(39)26(42-32)17-22-18-37(23-12-8-5-9-13-23)36-28(22)21-14-15-24(33)25(34)16-21/h4-18,29H,3H2,1-2H3. The molecule has 6 rings (SSSR count). The fraction of sp³-hybridized carbons (Fsp3) is 0.125. The first-order valence-electron chi connectivity index (χ1n) is 13.2. The number of benzene rings is 3. The van der Waals surface area contributed by atoms with Crippen molar-refractivity contribution in [3.8, 4) is 16.9 Å². The highest BCUT2D eigenvalue weighted by Gasteiger charge is 2.33. The van der Waals surface area contributed by atoms with Gasteiger partial charge in [-0.25, -0.2) is 23.2 Å². The SMILES string of the molecule is CCOC(=O)C1=C(C)N=c2sc(=Cc3cn(-c4ccccc4)nc3-c3ccc(F)c(F)c3)c(=O)n2C1c1ccccc1. The first-order chi connectivity index (χ1) is 20.4. The van der Waals surface area contributed by atoms with Crippen molar-refractivity contribution in [2.45, 2.75) is 19.9 Å². The Morgan fingerprint density at radius 3 is 2.43 bits per heavy atom. The van der Waals surface area contributed by atoms with Crippen LogP contribution in [0.1, 0.15) is 31.0 Å². The topological polar surface area (TPSA) is 78.5 Å². The third-order valence-electron chi connectivity index (χ3n) is 6.88. The molecule has 3 aromatic carbocycles. The second-order valence-corrected chi connectivity index (χ2v) is 10.6. The van der Waals surface area contributed by atoms with E-state index in [2.05, 4.69) is 10.1 Å². The van der Waals surface area contributed by atoms with E-state index in [9.17, 15) is 18.4 Å². The number of hydrogen-bond donors (Lipinski definition) is 0. The lowest BCUT2D eigenvalue weighted by Crippen LogP contribution is -2.39. The second-order valence-electron chi connectivity index (χ2n) is 9.56. The van der Waals surface area contributed by atoms with Gasteiger partial charge in [-0.2, -0.15) is 5.10 Å². The van der Waals surface area contributed by atoms with Crippen molar-refractivity contribution in [1.82, 2.24) is 14.3 Å². The molecule has 42 heavy (non-hydrogen) atoms. The van der Waals surface area contributed by atoms with Gasteiger partial charge >= 0.3 is 5.97 Å². The highest BCUT2D eigenvalue weighted by Crippen LogP contribution is 2.31. The number of aromatic nitrogens is 3. The van der Waals surface area contributed by atoms with Gasteiger partial charge in [-0.05, 0) is 55.8 Å². The van der Waals surface area contributed by atoms with E-state index in [1.54, 1.807) is 30.8 Å². The number of hydrogen-bond acceptors (Lipinski definition) is 6. The summed E-state index contributed by atoms with van der Waals surface area (Å²) in [5.41, 5.74) is 3.13. The van der Waals surface area contributed by atoms with E-state index in [1.807, 2.05) is 60.7 Å². The van der Waals surface area contributed by atoms with Crippen LogP contribution in [0.2, 0.25) is 0 Å². The van der Waals surface area contributed by atoms with Crippen molar-refractivity contribution in [1.29, 1.82) is 0 Å². The molecular weight excluding hydrogens is 558 g/mol. The summed E-state index contributed by atoms with van der Waals surface area (Å²) in [6, 6.07) is 21.4. The molecule has 0 spiro atoms. The van der Waals surface area contributed by atoms with Crippen LogP contribution in [0.3, 0.4) is 0 Å². The number of ether oxygens (including phenoxy) is 1. The molecule has 5 aromatic rings. The highest BCUT2D eigenvalue weighted by molar-refractivity contribution is 7.07. The van der Waals surface area contributed by atoms with E-state index >= 15 is 0 Å². The average molecular weight is 583 g/mol. The van der Waals surface area contributed by atoms with Crippen molar-refractivity contribution >= 4 is 23.4 Å². The molecule has 1 atom stereocenters. The summed E-state index contributed by atoms with van der Waals surface area (Å²) in [5.74, 6) is -2.51. The number of nitrogens with zero attached hydrogens (tertiary/aromatic N) is 4. The lowest BCUT2D eigenvalue weighted by Gasteiger charge is -2.24. The Hall–Kier alpha value is -4.96. The summed E-state index contributed by atoms with van der Waals surface area (Å²) >= 11 is 1.17. The summed E-state index contributed by atoms with van der Waals surface area (Å²) < 4.78 is 36.8. The number of rotatable bonds is 6. The van der Waals surface area contributed by atoms with Crippen LogP contribution in [-0.2, 0) is 9.53 Å². The van der Waals surface area contributed by atoms with Crippen LogP contribution in [0, 0.1) is 11.6 Å². The Bertz CT molecular complexity index is 2030. The van der Waals surface area contributed by atoms with Crippen molar-refractivity contribution in [2.24, 2.45) is 4.99 Å². The number of allylic oxidation sites excluding steroid dienone is 1. The Balaban J connectivity index is 1.57. The molecule has 0 N–H and O–H groups in total. The quantitative estimate of drug-likeness (QED) is 0.266. The first kappa shape index (κ1) is 27.2. The van der Waals surface area contributed by atoms with Gasteiger partial charge in [-0.3, -0.25) is 9.36 Å². The maximum Gasteiger partial charge on any atom is 0.338 e. The van der Waals surface area contributed by atoms with Crippen molar-refractivity contribution in [3.63, 3.8) is 0 Å². The number of carbonyl (C=O) groups is 1. The normalized spacial score (nSPS) is 15.0. The predicted molar refractivity (Wildman–Crippen MR) is 156 cm³/mol. The lowest BCUT2D eigenvalue weighted by molar-refractivity contribution is -0.139. The van der Waals surface area contributed by atoms with Crippen LogP contribution in [0.15, 0.2) is 106 Å². The molecule has 1 aliphatic rings. The number of halogens is 2. The van der Waals surface area contributed by atoms with E-state index < -0.39 is 23.6 Å². The van der Waals surface area contributed by atoms with Crippen LogP contribution in [0.4, 0.5) is 8.78 Å². The molecule has 0 bridgehead atoms. The minimum absolute atomic E-state index is 0.180. The molecule has 10 heteroatoms. The molecule has 0 amide bonds. The van der Waals surface area contributed by atoms with Gasteiger partial charge in [0.1, 0.15) is 5.69 Å². The number of fused-ring (bicyclic) bond motifs is 1. The second kappa shape index (κ2) is 11.1. The van der Waals surface area contributed by atoms with Gasteiger partial charge in [0, 0.05) is 17.3 Å². The van der Waals surface area contributed by atoms with Crippen molar-refractivity contribution in [3.05, 3.63) is 139 Å². The maximum atomic E-state index is 14.2. The number of thiazole rings is 1. The summed E-state index contributed by atoms with van der Waals surface area (Å²) in [6.45, 7) is 3.63. The third kappa shape index (κ3) is 4.90. The van der Waals surface area contributed by atoms with Crippen molar-refractivity contribution < 1.29 is 18.3 Å². The Morgan fingerprint density at radius 2 is 1.74 bits per heavy atom. The number of esters is 1. The molecule has 1 unspecified atom stereocenters. The zero-order valence-corrected chi connectivity index (χ0v) is 23.4. The maximum absolute atomic E-state index is 14.2. The number of carbonyl (C=O) groups excluding carboxylic acids is 1. The fourth-order valence-electron chi connectivity index (χ4n) is 4.96. The first-order valence-corrected chi connectivity index (χ1v) is 14.0. The summed E-state index contributed by atoms with van der Waals surface area (Å²) in [6.07, 6.45) is 3.40. The Kier molecular flexibility index (Phi) is 7.22. The van der Waals surface area contributed by atoms with E-state index in [4.69, 9.17) is 4.74 Å². The van der Waals surface area contributed by atoms with Crippen LogP contribution >= 0.6 is 11.3 Å². The van der Waals surface area contributed by atoms with Crippen molar-refractivity contribution in [2.75, 3.05) is 6.61 Å². The smallest absolute Gasteiger partial charge is 0.338 e. The summed E-state index contributed by atoms with van der Waals surface area (Å²) in [7, 11) is 0. The molecule has 7 nitrogen and oxygen atoms in total. The van der Waals surface area contributed by atoms with Crippen LogP contribution < -0.4 is 14.9 Å². The summed E-state index contributed by atoms with van der Waals surface area (Å²) in [5, 5.41) is 4.66. The van der Waals surface area contributed by atoms with Gasteiger partial charge in [0.15, 0.2) is 16.4 Å². The molecule has 2 aromatic heterocycles. The Morgan fingerprint density at radius 1 is 1.02 bits per heavy atom. The minimum Gasteiger partial charge on any atom is -0.463 e. The molecule has 0 fully saturated rings. The molecule has 0 aliphatic carbocycles. The van der Waals surface area contributed by atoms with Gasteiger partial charge in [0.2, 0.25) is 0 Å². The van der Waals surface area contributed by atoms with Gasteiger partial charge < -0.3 is 4.74 Å². The highest BCUT2D eigenvalue weighted by atomic mass is 32.1. The van der Waals surface area contributed by atoms with Crippen LogP contribution in [-0.4, -0.2) is 26.9 Å². The summed E-state index contributed by atoms with van der Waals surface area (Å²) in [4.78, 5) is 32.1. The molecule has 3 heterocycles. The molecule has 0 saturated carbocycles. The number of para-hydroxylation sites is 1. The minimum atomic E-state index is -1.00. The van der Waals surface area contributed by atoms with Gasteiger partial charge in [0.25, 0.3) is 5.56 Å². The van der Waals surface area contributed by atoms with Gasteiger partial charge in [-0.1, -0.05) is 59.9 Å². The zero-order valence-electron chi connectivity index (χ0n) is 22.6. The molecule has 210 valence electrons. The van der Waals surface area contributed by atoms with E-state index in [-0.39, 0.29) is 12.2 Å². The molecular formula is C32H24F2N4O3S. The van der Waals surface area contributed by atoms with E-state index in [1.165, 1.54) is 22.0 Å². The van der Waals surface area contributed by atoms with Crippen LogP contribution in [0.5, 0.6) is 0 Å². The zero-order chi connectivity index (χ0) is 29.4. The molecule has 0 radical (unpaired) electrons. The molecule has 0 saturated heterocycles. The molecule has 1 aliphatic heterocycles. The predicted octanol–water partition coefficient (Wildman–Crippen LogP) is 4.93. The van der Waals surface area contributed by atoms with E-state index in [0.717, 1.165) is 23.4 Å². The Labute approximate surface area is 243 Å². The van der Waals surface area contributed by atoms with Gasteiger partial charge in [0.05, 0.1) is 34.1 Å². The van der Waals surface area contributed by atoms with Gasteiger partial charge in [-0.15, -0.1) is 0 Å². The lowest BCUT2D eigenvalue weighted by atomic mass is 9.96.